The minimum atomic E-state index is -0.391. The molecule has 1 aromatic carbocycles. The summed E-state index contributed by atoms with van der Waals surface area (Å²) in [6.45, 7) is 0. The van der Waals surface area contributed by atoms with Gasteiger partial charge in [-0.15, -0.1) is 11.3 Å². The quantitative estimate of drug-likeness (QED) is 0.621. The van der Waals surface area contributed by atoms with Gasteiger partial charge in [0.2, 0.25) is 11.6 Å². The average Bonchev–Trinajstić information content (AvgIpc) is 3.31. The summed E-state index contributed by atoms with van der Waals surface area (Å²) in [6.07, 6.45) is 1.18. The van der Waals surface area contributed by atoms with E-state index in [2.05, 4.69) is 27.0 Å². The molecule has 2 atom stereocenters. The van der Waals surface area contributed by atoms with Crippen LogP contribution in [0.3, 0.4) is 0 Å². The molecule has 2 aromatic heterocycles. The lowest BCUT2D eigenvalue weighted by Gasteiger charge is -2.29. The molecule has 0 fully saturated rings. The summed E-state index contributed by atoms with van der Waals surface area (Å²) in [5, 5.41) is 26.0. The van der Waals surface area contributed by atoms with Crippen molar-refractivity contribution in [2.75, 3.05) is 10.6 Å². The van der Waals surface area contributed by atoms with E-state index in [0.717, 1.165) is 11.3 Å². The van der Waals surface area contributed by atoms with Crippen LogP contribution < -0.4 is 10.6 Å². The Bertz CT molecular complexity index is 1020. The van der Waals surface area contributed by atoms with Crippen LogP contribution in [0.5, 0.6) is 5.75 Å². The van der Waals surface area contributed by atoms with E-state index in [1.165, 1.54) is 4.88 Å². The average molecular weight is 380 g/mol. The molecule has 0 saturated heterocycles. The van der Waals surface area contributed by atoms with Crippen molar-refractivity contribution in [2.45, 2.75) is 24.8 Å². The molecule has 3 aromatic rings. The Morgan fingerprint density at radius 3 is 2.70 bits per heavy atom. The van der Waals surface area contributed by atoms with Crippen LogP contribution in [0.1, 0.15) is 35.2 Å². The van der Waals surface area contributed by atoms with Crippen molar-refractivity contribution in [1.29, 1.82) is 0 Å². The molecule has 0 amide bonds. The molecule has 0 radical (unpaired) electrons. The lowest BCUT2D eigenvalue weighted by Crippen LogP contribution is -2.26. The smallest absolute Gasteiger partial charge is 0.219 e. The van der Waals surface area contributed by atoms with Gasteiger partial charge in [0.05, 0.1) is 6.04 Å². The highest BCUT2D eigenvalue weighted by Crippen LogP contribution is 2.44. The lowest BCUT2D eigenvalue weighted by molar-refractivity contribution is -0.116. The first-order chi connectivity index (χ1) is 13.2. The van der Waals surface area contributed by atoms with Gasteiger partial charge < -0.3 is 15.7 Å². The van der Waals surface area contributed by atoms with Crippen LogP contribution in [0.15, 0.2) is 57.7 Å². The monoisotopic (exact) mass is 380 g/mol. The van der Waals surface area contributed by atoms with Gasteiger partial charge in [0.25, 0.3) is 0 Å². The number of carbonyl (C=O) groups is 1. The second-order valence-electron chi connectivity index (χ2n) is 6.69. The third-order valence-corrected chi connectivity index (χ3v) is 6.04. The number of fused-ring (bicyclic) bond motifs is 1. The molecule has 1 aliphatic heterocycles. The predicted octanol–water partition coefficient (Wildman–Crippen LogP) is 3.82. The Labute approximate surface area is 158 Å². The molecule has 7 nitrogen and oxygen atoms in total. The summed E-state index contributed by atoms with van der Waals surface area (Å²) in [7, 11) is 0. The van der Waals surface area contributed by atoms with E-state index < -0.39 is 6.04 Å². The van der Waals surface area contributed by atoms with Crippen LogP contribution >= 0.6 is 11.3 Å². The number of Topliss-reactive ketones (excluding diaryl/α,β-unsaturated/α-hetero) is 1. The van der Waals surface area contributed by atoms with E-state index in [1.54, 1.807) is 35.6 Å². The Morgan fingerprint density at radius 1 is 1.11 bits per heavy atom. The zero-order valence-electron chi connectivity index (χ0n) is 14.2. The molecule has 3 heterocycles. The highest BCUT2D eigenvalue weighted by molar-refractivity contribution is 7.10. The molecule has 1 aliphatic carbocycles. The largest absolute Gasteiger partial charge is 0.508 e. The van der Waals surface area contributed by atoms with Crippen molar-refractivity contribution in [3.63, 3.8) is 0 Å². The zero-order valence-corrected chi connectivity index (χ0v) is 15.0. The van der Waals surface area contributed by atoms with Crippen LogP contribution in [-0.4, -0.2) is 21.2 Å². The summed E-state index contributed by atoms with van der Waals surface area (Å²) < 4.78 is 4.86. The predicted molar refractivity (Wildman–Crippen MR) is 101 cm³/mol. The van der Waals surface area contributed by atoms with Crippen molar-refractivity contribution in [3.05, 3.63) is 63.5 Å². The van der Waals surface area contributed by atoms with Crippen LogP contribution in [0.25, 0.3) is 0 Å². The highest BCUT2D eigenvalue weighted by Gasteiger charge is 2.37. The van der Waals surface area contributed by atoms with E-state index in [4.69, 9.17) is 4.63 Å². The number of nitrogens with one attached hydrogen (secondary N) is 2. The number of phenols is 1. The normalized spacial score (nSPS) is 21.7. The number of anilines is 2. The molecular formula is C19H16N4O3S. The SMILES string of the molecule is O=C1C[C@H](c2cccs2)CC2=C1[C@@H](c1ccc(O)cc1)Nc1nonc1N2. The molecule has 5 rings (SSSR count). The number of ketones is 1. The van der Waals surface area contributed by atoms with Crippen LogP contribution in [0.2, 0.25) is 0 Å². The maximum absolute atomic E-state index is 13.2. The van der Waals surface area contributed by atoms with Gasteiger partial charge >= 0.3 is 0 Å². The number of benzene rings is 1. The summed E-state index contributed by atoms with van der Waals surface area (Å²) in [5.74, 6) is 1.35. The van der Waals surface area contributed by atoms with Crippen molar-refractivity contribution in [1.82, 2.24) is 10.3 Å². The number of rotatable bonds is 2. The molecule has 8 heteroatoms. The van der Waals surface area contributed by atoms with Crippen LogP contribution in [-0.2, 0) is 4.79 Å². The van der Waals surface area contributed by atoms with Crippen molar-refractivity contribution in [3.8, 4) is 5.75 Å². The van der Waals surface area contributed by atoms with Gasteiger partial charge in [0.15, 0.2) is 5.78 Å². The fraction of sp³-hybridized carbons (Fsp3) is 0.211. The first kappa shape index (κ1) is 16.1. The van der Waals surface area contributed by atoms with Gasteiger partial charge in [-0.1, -0.05) is 18.2 Å². The Kier molecular flexibility index (Phi) is 3.71. The van der Waals surface area contributed by atoms with Gasteiger partial charge in [-0.25, -0.2) is 4.63 Å². The maximum atomic E-state index is 13.2. The Morgan fingerprint density at radius 2 is 1.93 bits per heavy atom. The highest BCUT2D eigenvalue weighted by atomic mass is 32.1. The second kappa shape index (κ2) is 6.24. The van der Waals surface area contributed by atoms with Gasteiger partial charge in [0.1, 0.15) is 5.75 Å². The van der Waals surface area contributed by atoms with Crippen molar-refractivity contribution in [2.24, 2.45) is 0 Å². The number of nitrogens with zero attached hydrogens (tertiary/aromatic N) is 2. The summed E-state index contributed by atoms with van der Waals surface area (Å²) in [5.41, 5.74) is 2.39. The molecule has 136 valence electrons. The second-order valence-corrected chi connectivity index (χ2v) is 7.67. The van der Waals surface area contributed by atoms with Crippen molar-refractivity contribution >= 4 is 28.8 Å². The minimum Gasteiger partial charge on any atom is -0.508 e. The molecule has 0 unspecified atom stereocenters. The zero-order chi connectivity index (χ0) is 18.4. The number of carbonyl (C=O) groups excluding carboxylic acids is 1. The Hall–Kier alpha value is -3.13. The lowest BCUT2D eigenvalue weighted by atomic mass is 9.81. The summed E-state index contributed by atoms with van der Waals surface area (Å²) >= 11 is 1.67. The van der Waals surface area contributed by atoms with E-state index in [1.807, 2.05) is 11.4 Å². The summed E-state index contributed by atoms with van der Waals surface area (Å²) in [4.78, 5) is 14.4. The van der Waals surface area contributed by atoms with Crippen molar-refractivity contribution < 1.29 is 14.5 Å². The van der Waals surface area contributed by atoms with E-state index >= 15 is 0 Å². The van der Waals surface area contributed by atoms with Crippen LogP contribution in [0.4, 0.5) is 11.6 Å². The molecule has 0 saturated carbocycles. The third-order valence-electron chi connectivity index (χ3n) is 5.01. The first-order valence-corrected chi connectivity index (χ1v) is 9.51. The third kappa shape index (κ3) is 2.78. The molecule has 2 aliphatic rings. The molecule has 27 heavy (non-hydrogen) atoms. The Balaban J connectivity index is 1.61. The van der Waals surface area contributed by atoms with Gasteiger partial charge in [-0.3, -0.25) is 4.79 Å². The minimum absolute atomic E-state index is 0.0924. The first-order valence-electron chi connectivity index (χ1n) is 8.63. The number of thiophene rings is 1. The van der Waals surface area contributed by atoms with E-state index in [-0.39, 0.29) is 17.5 Å². The molecule has 0 spiro atoms. The standard InChI is InChI=1S/C19H16N4O3S/c24-12-5-3-10(4-6-12)17-16-13(20-18-19(21-17)23-26-22-18)8-11(9-14(16)25)15-2-1-7-27-15/h1-7,11,17,24H,8-9H2,(H,20,22)(H,21,23)/t11-,17-/m1/s1. The molecule has 0 bridgehead atoms. The van der Waals surface area contributed by atoms with Gasteiger partial charge in [0, 0.05) is 28.5 Å². The maximum Gasteiger partial charge on any atom is 0.219 e. The fourth-order valence-electron chi connectivity index (χ4n) is 3.74. The number of hydrogen-bond donors (Lipinski definition) is 3. The topological polar surface area (TPSA) is 100 Å². The van der Waals surface area contributed by atoms with E-state index in [9.17, 15) is 9.90 Å². The van der Waals surface area contributed by atoms with E-state index in [0.29, 0.717) is 30.1 Å². The molecular weight excluding hydrogens is 364 g/mol. The van der Waals surface area contributed by atoms with Gasteiger partial charge in [-0.05, 0) is 45.9 Å². The number of phenolic OH excluding ortho intramolecular Hbond substituents is 1. The summed E-state index contributed by atoms with van der Waals surface area (Å²) in [6, 6.07) is 10.5. The van der Waals surface area contributed by atoms with Gasteiger partial charge in [-0.2, -0.15) is 0 Å². The van der Waals surface area contributed by atoms with Crippen LogP contribution in [0, 0.1) is 0 Å². The molecule has 3 N–H and O–H groups in total. The number of aromatic nitrogens is 2. The number of aromatic hydroxyl groups is 1. The number of hydrogen-bond acceptors (Lipinski definition) is 8. The fourth-order valence-corrected chi connectivity index (χ4v) is 4.57. The number of allylic oxidation sites excluding steroid dienone is 1.